The third-order valence-corrected chi connectivity index (χ3v) is 10.0. The third-order valence-electron chi connectivity index (χ3n) is 6.83. The lowest BCUT2D eigenvalue weighted by atomic mass is 9.85. The molecule has 0 N–H and O–H groups in total. The average molecular weight is 465 g/mol. The van der Waals surface area contributed by atoms with Crippen LogP contribution in [0.2, 0.25) is 0 Å². The molecule has 31 heavy (non-hydrogen) atoms. The zero-order valence-electron chi connectivity index (χ0n) is 17.7. The van der Waals surface area contributed by atoms with Crippen molar-refractivity contribution >= 4 is 27.3 Å². The van der Waals surface area contributed by atoms with Gasteiger partial charge in [-0.3, -0.25) is 4.79 Å². The van der Waals surface area contributed by atoms with Gasteiger partial charge in [-0.25, -0.2) is 8.42 Å². The smallest absolute Gasteiger partial charge is 0.244 e. The summed E-state index contributed by atoms with van der Waals surface area (Å²) in [6.07, 6.45) is 6.63. The molecule has 10 heteroatoms. The Morgan fingerprint density at radius 3 is 2.45 bits per heavy atom. The Labute approximate surface area is 186 Å². The number of aryl methyl sites for hydroxylation is 1. The van der Waals surface area contributed by atoms with Crippen LogP contribution in [0.25, 0.3) is 10.7 Å². The van der Waals surface area contributed by atoms with Crippen LogP contribution in [0.15, 0.2) is 15.5 Å². The maximum absolute atomic E-state index is 13.3. The Hall–Kier alpha value is -1.78. The fourth-order valence-corrected chi connectivity index (χ4v) is 7.62. The molecule has 1 amide bonds. The number of sulfonamides is 1. The summed E-state index contributed by atoms with van der Waals surface area (Å²) in [5.41, 5.74) is 0. The number of likely N-dealkylation sites (tertiary alicyclic amines) is 1. The van der Waals surface area contributed by atoms with E-state index in [1.807, 2.05) is 11.8 Å². The second kappa shape index (κ2) is 8.29. The van der Waals surface area contributed by atoms with E-state index >= 15 is 0 Å². The number of rotatable bonds is 5. The van der Waals surface area contributed by atoms with Gasteiger partial charge in [0.1, 0.15) is 0 Å². The highest BCUT2D eigenvalue weighted by Gasteiger charge is 2.36. The molecule has 0 aromatic carbocycles. The summed E-state index contributed by atoms with van der Waals surface area (Å²) in [4.78, 5) is 20.8. The monoisotopic (exact) mass is 464 g/mol. The van der Waals surface area contributed by atoms with Crippen LogP contribution in [0.4, 0.5) is 0 Å². The number of amides is 1. The number of hydrogen-bond donors (Lipinski definition) is 0. The Morgan fingerprint density at radius 1 is 1.10 bits per heavy atom. The van der Waals surface area contributed by atoms with Crippen LogP contribution in [0, 0.1) is 12.8 Å². The first-order valence-electron chi connectivity index (χ1n) is 11.2. The van der Waals surface area contributed by atoms with Crippen LogP contribution in [-0.4, -0.2) is 59.8 Å². The third kappa shape index (κ3) is 3.93. The van der Waals surface area contributed by atoms with Crippen LogP contribution in [-0.2, 0) is 14.8 Å². The molecule has 1 saturated carbocycles. The molecule has 2 aromatic heterocycles. The standard InChI is InChI=1S/C21H28N4O4S2/c1-14-18(13-17(30-14)19-22-20(29-23-19)15-5-4-6-15)31(27,28)25-11-7-16(8-12-25)21(26)24-9-2-3-10-24/h13,15-16H,2-12H2,1H3. The maximum atomic E-state index is 13.3. The summed E-state index contributed by atoms with van der Waals surface area (Å²) in [5, 5.41) is 4.08. The summed E-state index contributed by atoms with van der Waals surface area (Å²) < 4.78 is 33.6. The summed E-state index contributed by atoms with van der Waals surface area (Å²) >= 11 is 1.38. The van der Waals surface area contributed by atoms with E-state index in [4.69, 9.17) is 4.52 Å². The van der Waals surface area contributed by atoms with E-state index in [1.54, 1.807) is 6.07 Å². The molecule has 3 aliphatic rings. The van der Waals surface area contributed by atoms with Crippen molar-refractivity contribution < 1.29 is 17.7 Å². The number of carbonyl (C=O) groups is 1. The van der Waals surface area contributed by atoms with Crippen molar-refractivity contribution in [2.45, 2.75) is 62.7 Å². The van der Waals surface area contributed by atoms with Crippen molar-refractivity contribution in [3.05, 3.63) is 16.8 Å². The molecule has 2 aliphatic heterocycles. The van der Waals surface area contributed by atoms with Crippen molar-refractivity contribution in [1.29, 1.82) is 0 Å². The molecule has 0 atom stereocenters. The molecule has 0 bridgehead atoms. The highest BCUT2D eigenvalue weighted by molar-refractivity contribution is 7.89. The molecule has 8 nitrogen and oxygen atoms in total. The fourth-order valence-electron chi connectivity index (χ4n) is 4.67. The minimum atomic E-state index is -3.62. The van der Waals surface area contributed by atoms with Crippen molar-refractivity contribution in [1.82, 2.24) is 19.3 Å². The minimum absolute atomic E-state index is 0.0621. The molecule has 2 saturated heterocycles. The molecular formula is C21H28N4O4S2. The summed E-state index contributed by atoms with van der Waals surface area (Å²) in [6.45, 7) is 4.26. The van der Waals surface area contributed by atoms with Gasteiger partial charge >= 0.3 is 0 Å². The molecule has 168 valence electrons. The lowest BCUT2D eigenvalue weighted by molar-refractivity contribution is -0.135. The van der Waals surface area contributed by atoms with Gasteiger partial charge in [0, 0.05) is 42.9 Å². The van der Waals surface area contributed by atoms with E-state index in [1.165, 1.54) is 22.1 Å². The van der Waals surface area contributed by atoms with Gasteiger partial charge in [0.2, 0.25) is 27.6 Å². The van der Waals surface area contributed by atoms with Gasteiger partial charge in [-0.15, -0.1) is 11.3 Å². The quantitative estimate of drug-likeness (QED) is 0.673. The van der Waals surface area contributed by atoms with Crippen LogP contribution < -0.4 is 0 Å². The molecule has 0 unspecified atom stereocenters. The highest BCUT2D eigenvalue weighted by atomic mass is 32.2. The summed E-state index contributed by atoms with van der Waals surface area (Å²) in [6, 6.07) is 1.67. The number of carbonyl (C=O) groups excluding carboxylic acids is 1. The highest BCUT2D eigenvalue weighted by Crippen LogP contribution is 2.38. The number of hydrogen-bond acceptors (Lipinski definition) is 7. The molecule has 0 radical (unpaired) electrons. The fraction of sp³-hybridized carbons (Fsp3) is 0.667. The van der Waals surface area contributed by atoms with Crippen LogP contribution in [0.3, 0.4) is 0 Å². The number of nitrogens with zero attached hydrogens (tertiary/aromatic N) is 4. The predicted molar refractivity (Wildman–Crippen MR) is 116 cm³/mol. The zero-order valence-corrected chi connectivity index (χ0v) is 19.4. The second-order valence-electron chi connectivity index (χ2n) is 8.83. The van der Waals surface area contributed by atoms with Crippen LogP contribution in [0.1, 0.15) is 61.6 Å². The van der Waals surface area contributed by atoms with Crippen molar-refractivity contribution in [2.75, 3.05) is 26.2 Å². The predicted octanol–water partition coefficient (Wildman–Crippen LogP) is 3.40. The molecule has 4 heterocycles. The van der Waals surface area contributed by atoms with Gasteiger partial charge in [-0.2, -0.15) is 9.29 Å². The topological polar surface area (TPSA) is 96.6 Å². The summed E-state index contributed by atoms with van der Waals surface area (Å²) in [5.74, 6) is 1.60. The number of aromatic nitrogens is 2. The Bertz CT molecular complexity index is 1060. The summed E-state index contributed by atoms with van der Waals surface area (Å²) in [7, 11) is -3.62. The van der Waals surface area contributed by atoms with E-state index in [-0.39, 0.29) is 11.8 Å². The lowest BCUT2D eigenvalue weighted by Crippen LogP contribution is -2.43. The first-order chi connectivity index (χ1) is 14.9. The average Bonchev–Trinajstić information content (AvgIpc) is 3.47. The van der Waals surface area contributed by atoms with E-state index in [0.717, 1.165) is 43.6 Å². The number of piperidine rings is 1. The first kappa shape index (κ1) is 21.1. The van der Waals surface area contributed by atoms with Crippen LogP contribution >= 0.6 is 11.3 Å². The van der Waals surface area contributed by atoms with E-state index in [0.29, 0.717) is 53.3 Å². The van der Waals surface area contributed by atoms with Gasteiger partial charge < -0.3 is 9.42 Å². The SMILES string of the molecule is Cc1sc(-c2noc(C3CCC3)n2)cc1S(=O)(=O)N1CCC(C(=O)N2CCCC2)CC1. The largest absolute Gasteiger partial charge is 0.342 e. The first-order valence-corrected chi connectivity index (χ1v) is 13.4. The molecule has 3 fully saturated rings. The normalized spacial score (nSPS) is 21.5. The second-order valence-corrected chi connectivity index (χ2v) is 12.0. The molecular weight excluding hydrogens is 436 g/mol. The van der Waals surface area contributed by atoms with Gasteiger partial charge in [0.15, 0.2) is 0 Å². The van der Waals surface area contributed by atoms with Gasteiger partial charge in [0.25, 0.3) is 0 Å². The van der Waals surface area contributed by atoms with Crippen molar-refractivity contribution in [3.8, 4) is 10.7 Å². The Morgan fingerprint density at radius 2 is 1.81 bits per heavy atom. The van der Waals surface area contributed by atoms with Crippen molar-refractivity contribution in [2.24, 2.45) is 5.92 Å². The van der Waals surface area contributed by atoms with E-state index in [9.17, 15) is 13.2 Å². The maximum Gasteiger partial charge on any atom is 0.244 e. The van der Waals surface area contributed by atoms with E-state index in [2.05, 4.69) is 10.1 Å². The Kier molecular flexibility index (Phi) is 5.64. The van der Waals surface area contributed by atoms with Gasteiger partial charge in [0.05, 0.1) is 9.77 Å². The minimum Gasteiger partial charge on any atom is -0.342 e. The van der Waals surface area contributed by atoms with E-state index < -0.39 is 10.0 Å². The molecule has 2 aromatic rings. The number of thiophene rings is 1. The molecule has 5 rings (SSSR count). The molecule has 1 aliphatic carbocycles. The van der Waals surface area contributed by atoms with Crippen molar-refractivity contribution in [3.63, 3.8) is 0 Å². The zero-order chi connectivity index (χ0) is 21.6. The van der Waals surface area contributed by atoms with Gasteiger partial charge in [-0.05, 0) is 51.5 Å². The van der Waals surface area contributed by atoms with Crippen LogP contribution in [0.5, 0.6) is 0 Å². The van der Waals surface area contributed by atoms with Gasteiger partial charge in [-0.1, -0.05) is 11.6 Å². The lowest BCUT2D eigenvalue weighted by Gasteiger charge is -2.32. The molecule has 0 spiro atoms. The Balaban J connectivity index is 1.28.